The number of aromatic nitrogens is 2. The Kier molecular flexibility index (Phi) is 3.88. The normalized spacial score (nSPS) is 12.9. The fourth-order valence-electron chi connectivity index (χ4n) is 1.07. The topological polar surface area (TPSA) is 54.2 Å². The van der Waals surface area contributed by atoms with Crippen molar-refractivity contribution in [2.75, 3.05) is 19.0 Å². The number of rotatable bonds is 5. The van der Waals surface area contributed by atoms with Crippen LogP contribution in [0.5, 0.6) is 0 Å². The molecular formula is C9H18N4O. The molecule has 1 N–H and O–H groups in total. The van der Waals surface area contributed by atoms with Crippen LogP contribution in [0.1, 0.15) is 26.2 Å². The molecule has 0 spiro atoms. The predicted molar refractivity (Wildman–Crippen MR) is 55.2 cm³/mol. The molecule has 5 nitrogen and oxygen atoms in total. The Bertz CT molecular complexity index is 274. The van der Waals surface area contributed by atoms with Crippen molar-refractivity contribution >= 4 is 6.01 Å². The fourth-order valence-corrected chi connectivity index (χ4v) is 1.07. The van der Waals surface area contributed by atoms with Gasteiger partial charge in [0.15, 0.2) is 0 Å². The van der Waals surface area contributed by atoms with Gasteiger partial charge >= 0.3 is 6.01 Å². The maximum atomic E-state index is 5.45. The molecule has 0 aromatic carbocycles. The van der Waals surface area contributed by atoms with Crippen LogP contribution >= 0.6 is 0 Å². The first-order valence-corrected chi connectivity index (χ1v) is 4.88. The molecule has 1 aromatic rings. The van der Waals surface area contributed by atoms with Crippen molar-refractivity contribution in [1.82, 2.24) is 15.5 Å². The molecule has 0 saturated carbocycles. The lowest BCUT2D eigenvalue weighted by Gasteiger charge is -2.20. The second kappa shape index (κ2) is 4.95. The highest BCUT2D eigenvalue weighted by Gasteiger charge is 2.14. The number of hydrogen-bond acceptors (Lipinski definition) is 5. The molecule has 1 atom stereocenters. The van der Waals surface area contributed by atoms with Gasteiger partial charge in [0.2, 0.25) is 5.89 Å². The zero-order chi connectivity index (χ0) is 10.6. The summed E-state index contributed by atoms with van der Waals surface area (Å²) in [6.07, 6.45) is 1.06. The molecule has 0 aliphatic carbocycles. The highest BCUT2D eigenvalue weighted by Crippen LogP contribution is 2.14. The maximum Gasteiger partial charge on any atom is 0.318 e. The Hall–Kier alpha value is -1.10. The van der Waals surface area contributed by atoms with Crippen LogP contribution in [0.25, 0.3) is 0 Å². The van der Waals surface area contributed by atoms with Crippen molar-refractivity contribution < 1.29 is 4.42 Å². The van der Waals surface area contributed by atoms with E-state index < -0.39 is 0 Å². The molecule has 1 unspecified atom stereocenters. The third kappa shape index (κ3) is 2.45. The molecule has 0 radical (unpaired) electrons. The van der Waals surface area contributed by atoms with E-state index in [-0.39, 0.29) is 0 Å². The summed E-state index contributed by atoms with van der Waals surface area (Å²) < 4.78 is 5.45. The Morgan fingerprint density at radius 3 is 2.79 bits per heavy atom. The second-order valence-corrected chi connectivity index (χ2v) is 3.38. The van der Waals surface area contributed by atoms with E-state index in [0.29, 0.717) is 24.5 Å². The average Bonchev–Trinajstić information content (AvgIpc) is 2.64. The molecule has 0 saturated heterocycles. The van der Waals surface area contributed by atoms with Crippen molar-refractivity contribution in [2.24, 2.45) is 0 Å². The molecule has 0 fully saturated rings. The van der Waals surface area contributed by atoms with Crippen LogP contribution in [-0.2, 0) is 6.54 Å². The van der Waals surface area contributed by atoms with Crippen LogP contribution < -0.4 is 10.2 Å². The molecule has 1 aromatic heterocycles. The highest BCUT2D eigenvalue weighted by atomic mass is 16.4. The van der Waals surface area contributed by atoms with Gasteiger partial charge in [-0.15, -0.1) is 5.10 Å². The molecule has 1 heterocycles. The molecule has 0 aliphatic rings. The van der Waals surface area contributed by atoms with Gasteiger partial charge in [-0.1, -0.05) is 12.0 Å². The van der Waals surface area contributed by atoms with Crippen molar-refractivity contribution in [3.05, 3.63) is 5.89 Å². The molecular weight excluding hydrogens is 180 g/mol. The van der Waals surface area contributed by atoms with Gasteiger partial charge in [0.25, 0.3) is 0 Å². The first-order chi connectivity index (χ1) is 6.69. The summed E-state index contributed by atoms with van der Waals surface area (Å²) in [4.78, 5) is 1.99. The highest BCUT2D eigenvalue weighted by molar-refractivity contribution is 5.23. The van der Waals surface area contributed by atoms with Gasteiger partial charge in [-0.2, -0.15) is 0 Å². The minimum absolute atomic E-state index is 0.415. The molecule has 1 rings (SSSR count). The smallest absolute Gasteiger partial charge is 0.318 e. The van der Waals surface area contributed by atoms with Crippen LogP contribution in [0.4, 0.5) is 6.01 Å². The summed E-state index contributed by atoms with van der Waals surface area (Å²) in [7, 11) is 3.81. The summed E-state index contributed by atoms with van der Waals surface area (Å²) in [5.74, 6) is 0.623. The number of nitrogens with zero attached hydrogens (tertiary/aromatic N) is 3. The van der Waals surface area contributed by atoms with E-state index in [4.69, 9.17) is 4.42 Å². The lowest BCUT2D eigenvalue weighted by atomic mass is 10.2. The molecule has 80 valence electrons. The number of nitrogens with one attached hydrogen (secondary N) is 1. The Morgan fingerprint density at radius 2 is 2.21 bits per heavy atom. The zero-order valence-corrected chi connectivity index (χ0v) is 9.24. The first kappa shape index (κ1) is 11.0. The van der Waals surface area contributed by atoms with Gasteiger partial charge < -0.3 is 14.6 Å². The zero-order valence-electron chi connectivity index (χ0n) is 9.24. The summed E-state index contributed by atoms with van der Waals surface area (Å²) in [6.45, 7) is 4.87. The van der Waals surface area contributed by atoms with Crippen LogP contribution in [0.3, 0.4) is 0 Å². The van der Waals surface area contributed by atoms with Crippen molar-refractivity contribution in [3.8, 4) is 0 Å². The summed E-state index contributed by atoms with van der Waals surface area (Å²) in [6, 6.07) is 1.00. The van der Waals surface area contributed by atoms with E-state index in [0.717, 1.165) is 6.42 Å². The monoisotopic (exact) mass is 198 g/mol. The third-order valence-electron chi connectivity index (χ3n) is 2.34. The van der Waals surface area contributed by atoms with E-state index in [1.54, 1.807) is 0 Å². The van der Waals surface area contributed by atoms with Gasteiger partial charge in [-0.05, 0) is 20.4 Å². The van der Waals surface area contributed by atoms with E-state index >= 15 is 0 Å². The molecule has 5 heteroatoms. The average molecular weight is 198 g/mol. The lowest BCUT2D eigenvalue weighted by Crippen LogP contribution is -2.28. The first-order valence-electron chi connectivity index (χ1n) is 4.88. The standard InChI is InChI=1S/C9H18N4O/c1-5-7(2)13(4)9-12-11-8(14-9)6-10-3/h7,10H,5-6H2,1-4H3. The summed E-state index contributed by atoms with van der Waals surface area (Å²) in [5.41, 5.74) is 0. The fraction of sp³-hybridized carbons (Fsp3) is 0.778. The largest absolute Gasteiger partial charge is 0.407 e. The summed E-state index contributed by atoms with van der Waals surface area (Å²) in [5, 5.41) is 10.9. The molecule has 0 amide bonds. The van der Waals surface area contributed by atoms with Gasteiger partial charge in [0.05, 0.1) is 6.54 Å². The minimum atomic E-state index is 0.415. The van der Waals surface area contributed by atoms with E-state index in [2.05, 4.69) is 29.4 Å². The lowest BCUT2D eigenvalue weighted by molar-refractivity contribution is 0.463. The van der Waals surface area contributed by atoms with E-state index in [1.807, 2.05) is 19.0 Å². The van der Waals surface area contributed by atoms with Crippen LogP contribution in [0, 0.1) is 0 Å². The molecule has 0 aliphatic heterocycles. The van der Waals surface area contributed by atoms with Crippen molar-refractivity contribution in [3.63, 3.8) is 0 Å². The Morgan fingerprint density at radius 1 is 1.50 bits per heavy atom. The van der Waals surface area contributed by atoms with Gasteiger partial charge in [-0.25, -0.2) is 0 Å². The van der Waals surface area contributed by atoms with Crippen LogP contribution in [-0.4, -0.2) is 30.3 Å². The SMILES string of the molecule is CCC(C)N(C)c1nnc(CNC)o1. The Balaban J connectivity index is 2.65. The predicted octanol–water partition coefficient (Wildman–Crippen LogP) is 1.02. The number of anilines is 1. The van der Waals surface area contributed by atoms with Gasteiger partial charge in [-0.3, -0.25) is 0 Å². The van der Waals surface area contributed by atoms with E-state index in [1.165, 1.54) is 0 Å². The van der Waals surface area contributed by atoms with Crippen LogP contribution in [0.2, 0.25) is 0 Å². The van der Waals surface area contributed by atoms with Crippen molar-refractivity contribution in [1.29, 1.82) is 0 Å². The molecule has 14 heavy (non-hydrogen) atoms. The van der Waals surface area contributed by atoms with Crippen molar-refractivity contribution in [2.45, 2.75) is 32.9 Å². The molecule has 0 bridgehead atoms. The Labute approximate surface area is 84.5 Å². The summed E-state index contributed by atoms with van der Waals surface area (Å²) >= 11 is 0. The second-order valence-electron chi connectivity index (χ2n) is 3.38. The van der Waals surface area contributed by atoms with Gasteiger partial charge in [0, 0.05) is 13.1 Å². The number of hydrogen-bond donors (Lipinski definition) is 1. The third-order valence-corrected chi connectivity index (χ3v) is 2.34. The van der Waals surface area contributed by atoms with E-state index in [9.17, 15) is 0 Å². The quantitative estimate of drug-likeness (QED) is 0.765. The maximum absolute atomic E-state index is 5.45. The van der Waals surface area contributed by atoms with Gasteiger partial charge in [0.1, 0.15) is 0 Å². The van der Waals surface area contributed by atoms with Crippen LogP contribution in [0.15, 0.2) is 4.42 Å². The minimum Gasteiger partial charge on any atom is -0.407 e.